The number of methoxy groups -OCH3 is 1. The molecule has 0 fully saturated rings. The van der Waals surface area contributed by atoms with E-state index in [-0.39, 0.29) is 23.1 Å². The Bertz CT molecular complexity index is 1060. The Morgan fingerprint density at radius 3 is 2.46 bits per heavy atom. The molecule has 1 heterocycles. The van der Waals surface area contributed by atoms with Crippen molar-refractivity contribution in [3.05, 3.63) is 41.5 Å². The van der Waals surface area contributed by atoms with Gasteiger partial charge < -0.3 is 21.3 Å². The fraction of sp³-hybridized carbons (Fsp3) is 0.111. The maximum absolute atomic E-state index is 11.8. The molecule has 5 N–H and O–H groups in total. The molecule has 0 aliphatic rings. The summed E-state index contributed by atoms with van der Waals surface area (Å²) in [6, 6.07) is 7.71. The van der Waals surface area contributed by atoms with Crippen LogP contribution in [0.4, 0.5) is 11.8 Å². The molecule has 0 radical (unpaired) electrons. The van der Waals surface area contributed by atoms with Crippen LogP contribution in [-0.4, -0.2) is 33.9 Å². The highest BCUT2D eigenvalue weighted by atomic mass is 16.5. The number of carbonyl (C=O) groups excluding carboxylic acids is 1. The first-order valence-electron chi connectivity index (χ1n) is 7.61. The van der Waals surface area contributed by atoms with E-state index in [2.05, 4.69) is 9.97 Å². The van der Waals surface area contributed by atoms with Crippen molar-refractivity contribution < 1.29 is 19.4 Å². The van der Waals surface area contributed by atoms with Crippen molar-refractivity contribution in [1.82, 2.24) is 9.97 Å². The van der Waals surface area contributed by atoms with Gasteiger partial charge in [-0.05, 0) is 31.2 Å². The van der Waals surface area contributed by atoms with Gasteiger partial charge in [0.2, 0.25) is 5.95 Å². The normalized spacial score (nSPS) is 10.7. The highest BCUT2D eigenvalue weighted by Crippen LogP contribution is 2.40. The Morgan fingerprint density at radius 2 is 1.85 bits per heavy atom. The van der Waals surface area contributed by atoms with Crippen molar-refractivity contribution >= 4 is 34.4 Å². The Labute approximate surface area is 148 Å². The number of carbonyl (C=O) groups is 2. The summed E-state index contributed by atoms with van der Waals surface area (Å²) in [6.07, 6.45) is 0. The van der Waals surface area contributed by atoms with Crippen LogP contribution in [0.1, 0.15) is 27.6 Å². The first-order chi connectivity index (χ1) is 12.3. The average molecular weight is 352 g/mol. The number of hydrogen-bond donors (Lipinski definition) is 3. The van der Waals surface area contributed by atoms with Crippen molar-refractivity contribution in [2.75, 3.05) is 18.6 Å². The van der Waals surface area contributed by atoms with Gasteiger partial charge in [0.1, 0.15) is 11.6 Å². The maximum atomic E-state index is 11.8. The van der Waals surface area contributed by atoms with Crippen LogP contribution < -0.4 is 16.2 Å². The first kappa shape index (κ1) is 17.2. The van der Waals surface area contributed by atoms with E-state index in [4.69, 9.17) is 16.2 Å². The lowest BCUT2D eigenvalue weighted by Gasteiger charge is -2.15. The highest BCUT2D eigenvalue weighted by Gasteiger charge is 2.22. The van der Waals surface area contributed by atoms with E-state index in [1.165, 1.54) is 26.2 Å². The second kappa shape index (κ2) is 6.32. The van der Waals surface area contributed by atoms with Crippen LogP contribution in [0.15, 0.2) is 30.3 Å². The lowest BCUT2D eigenvalue weighted by molar-refractivity contribution is 0.0697. The van der Waals surface area contributed by atoms with E-state index in [0.29, 0.717) is 33.3 Å². The number of ketones is 1. The number of carboxylic acid groups (broad SMARTS) is 1. The van der Waals surface area contributed by atoms with Gasteiger partial charge in [0.25, 0.3) is 0 Å². The zero-order valence-corrected chi connectivity index (χ0v) is 14.1. The van der Waals surface area contributed by atoms with Crippen LogP contribution >= 0.6 is 0 Å². The topological polar surface area (TPSA) is 141 Å². The molecule has 0 bridgehead atoms. The number of benzene rings is 2. The molecule has 2 aromatic carbocycles. The Hall–Kier alpha value is -3.68. The number of Topliss-reactive ketones (excluding diaryl/α,β-unsaturated/α-hetero) is 1. The summed E-state index contributed by atoms with van der Waals surface area (Å²) in [5.41, 5.74) is 13.3. The molecule has 0 unspecified atom stereocenters. The number of hydrogen-bond acceptors (Lipinski definition) is 7. The van der Waals surface area contributed by atoms with Gasteiger partial charge in [-0.15, -0.1) is 0 Å². The molecule has 3 rings (SSSR count). The fourth-order valence-corrected chi connectivity index (χ4v) is 2.85. The van der Waals surface area contributed by atoms with E-state index in [9.17, 15) is 14.7 Å². The molecule has 8 nitrogen and oxygen atoms in total. The van der Waals surface area contributed by atoms with Crippen molar-refractivity contribution in [2.24, 2.45) is 0 Å². The van der Waals surface area contributed by atoms with E-state index in [1.54, 1.807) is 18.2 Å². The average Bonchev–Trinajstić information content (AvgIpc) is 2.59. The molecule has 0 aliphatic heterocycles. The molecule has 0 aliphatic carbocycles. The molecule has 26 heavy (non-hydrogen) atoms. The molecule has 0 saturated carbocycles. The lowest BCUT2D eigenvalue weighted by atomic mass is 9.93. The maximum Gasteiger partial charge on any atom is 0.336 e. The number of fused-ring (bicyclic) bond motifs is 1. The monoisotopic (exact) mass is 352 g/mol. The predicted molar refractivity (Wildman–Crippen MR) is 97.3 cm³/mol. The van der Waals surface area contributed by atoms with Gasteiger partial charge in [-0.3, -0.25) is 4.79 Å². The minimum absolute atomic E-state index is 0.00597. The summed E-state index contributed by atoms with van der Waals surface area (Å²) in [7, 11) is 1.44. The smallest absolute Gasteiger partial charge is 0.336 e. The fourth-order valence-electron chi connectivity index (χ4n) is 2.85. The van der Waals surface area contributed by atoms with Crippen LogP contribution in [0.5, 0.6) is 5.75 Å². The number of nitrogens with zero attached hydrogens (tertiary/aromatic N) is 2. The van der Waals surface area contributed by atoms with Gasteiger partial charge in [0, 0.05) is 16.7 Å². The molecule has 8 heteroatoms. The van der Waals surface area contributed by atoms with Crippen molar-refractivity contribution in [2.45, 2.75) is 6.92 Å². The third-order valence-corrected chi connectivity index (χ3v) is 4.02. The summed E-state index contributed by atoms with van der Waals surface area (Å²) in [5.74, 6) is -0.896. The van der Waals surface area contributed by atoms with Crippen LogP contribution in [0.2, 0.25) is 0 Å². The molecular formula is C18H16N4O4. The third-order valence-electron chi connectivity index (χ3n) is 4.02. The predicted octanol–water partition coefficient (Wildman–Crippen LogP) is 2.37. The summed E-state index contributed by atoms with van der Waals surface area (Å²) >= 11 is 0. The molecule has 0 saturated heterocycles. The van der Waals surface area contributed by atoms with Gasteiger partial charge in [0.15, 0.2) is 5.78 Å². The number of rotatable bonds is 4. The first-order valence-corrected chi connectivity index (χ1v) is 7.61. The number of nitrogens with two attached hydrogens (primary N) is 2. The zero-order valence-electron chi connectivity index (χ0n) is 14.1. The quantitative estimate of drug-likeness (QED) is 0.608. The summed E-state index contributed by atoms with van der Waals surface area (Å²) in [4.78, 5) is 31.5. The van der Waals surface area contributed by atoms with E-state index in [1.807, 2.05) is 0 Å². The number of aromatic carboxylic acids is 1. The van der Waals surface area contributed by atoms with Crippen LogP contribution in [-0.2, 0) is 0 Å². The molecule has 1 aromatic heterocycles. The second-order valence-electron chi connectivity index (χ2n) is 5.63. The summed E-state index contributed by atoms with van der Waals surface area (Å²) < 4.78 is 5.39. The van der Waals surface area contributed by atoms with Crippen LogP contribution in [0.3, 0.4) is 0 Å². The minimum atomic E-state index is -1.14. The van der Waals surface area contributed by atoms with Crippen molar-refractivity contribution in [3.63, 3.8) is 0 Å². The zero-order chi connectivity index (χ0) is 19.0. The molecule has 0 spiro atoms. The van der Waals surface area contributed by atoms with E-state index >= 15 is 0 Å². The lowest BCUT2D eigenvalue weighted by Crippen LogP contribution is -2.06. The molecule has 132 valence electrons. The van der Waals surface area contributed by atoms with Crippen molar-refractivity contribution in [1.29, 1.82) is 0 Å². The molecule has 0 amide bonds. The third kappa shape index (κ3) is 2.77. The Kier molecular flexibility index (Phi) is 4.17. The number of ether oxygens (including phenoxy) is 1. The van der Waals surface area contributed by atoms with Gasteiger partial charge in [0.05, 0.1) is 23.6 Å². The Morgan fingerprint density at radius 1 is 1.12 bits per heavy atom. The van der Waals surface area contributed by atoms with Gasteiger partial charge in [-0.25, -0.2) is 9.78 Å². The van der Waals surface area contributed by atoms with Crippen LogP contribution in [0.25, 0.3) is 22.0 Å². The second-order valence-corrected chi connectivity index (χ2v) is 5.63. The molecular weight excluding hydrogens is 336 g/mol. The number of carboxylic acids is 1. The minimum Gasteiger partial charge on any atom is -0.496 e. The Balaban J connectivity index is 2.45. The van der Waals surface area contributed by atoms with Crippen LogP contribution in [0, 0.1) is 0 Å². The summed E-state index contributed by atoms with van der Waals surface area (Å²) in [5, 5.41) is 9.99. The van der Waals surface area contributed by atoms with Crippen molar-refractivity contribution in [3.8, 4) is 16.9 Å². The number of anilines is 2. The van der Waals surface area contributed by atoms with Gasteiger partial charge in [-0.1, -0.05) is 6.07 Å². The SMILES string of the molecule is COc1cc(C(C)=O)ccc1-c1c(C(=O)O)ccc2nc(N)nc(N)c12. The van der Waals surface area contributed by atoms with E-state index < -0.39 is 5.97 Å². The van der Waals surface area contributed by atoms with Gasteiger partial charge in [-0.2, -0.15) is 4.98 Å². The number of aromatic nitrogens is 2. The highest BCUT2D eigenvalue weighted by molar-refractivity contribution is 6.11. The summed E-state index contributed by atoms with van der Waals surface area (Å²) in [6.45, 7) is 1.43. The molecule has 0 atom stereocenters. The standard InChI is InChI=1S/C18H16N4O4/c1-8(23)9-3-4-10(13(7-9)26-2)14-11(17(24)25)5-6-12-15(14)16(19)22-18(20)21-12/h3-7H,1-2H3,(H,24,25)(H4,19,20,21,22). The number of nitrogen functional groups attached to an aromatic ring is 2. The van der Waals surface area contributed by atoms with Gasteiger partial charge >= 0.3 is 5.97 Å². The largest absolute Gasteiger partial charge is 0.496 e. The molecule has 3 aromatic rings. The van der Waals surface area contributed by atoms with E-state index in [0.717, 1.165) is 0 Å².